The lowest BCUT2D eigenvalue weighted by molar-refractivity contribution is -0.384. The average molecular weight is 388 g/mol. The number of nitrogens with one attached hydrogen (secondary N) is 1. The third-order valence-electron chi connectivity index (χ3n) is 5.16. The molecular weight excluding hydrogens is 364 g/mol. The first-order chi connectivity index (χ1) is 12.9. The largest absolute Gasteiger partial charge is 0.351 e. The lowest BCUT2D eigenvalue weighted by atomic mass is 9.93. The topological polar surface area (TPSA) is 78.7 Å². The number of likely N-dealkylation sites (N-methyl/N-ethyl adjacent to an activating group) is 1. The summed E-state index contributed by atoms with van der Waals surface area (Å²) in [5.41, 5.74) is 2.34. The van der Waals surface area contributed by atoms with Crippen molar-refractivity contribution < 1.29 is 9.72 Å². The van der Waals surface area contributed by atoms with Crippen LogP contribution in [-0.4, -0.2) is 44.9 Å². The Hall–Kier alpha value is -2.48. The second-order valence-electron chi connectivity index (χ2n) is 6.81. The molecule has 7 nitrogen and oxygen atoms in total. The molecule has 1 heterocycles. The van der Waals surface area contributed by atoms with E-state index < -0.39 is 11.0 Å². The van der Waals surface area contributed by atoms with E-state index in [0.29, 0.717) is 29.8 Å². The van der Waals surface area contributed by atoms with Crippen molar-refractivity contribution in [3.05, 3.63) is 51.2 Å². The predicted octanol–water partition coefficient (Wildman–Crippen LogP) is 3.13. The zero-order valence-corrected chi connectivity index (χ0v) is 16.6. The number of nitro benzene ring substituents is 1. The number of hydrogen-bond acceptors (Lipinski definition) is 4. The van der Waals surface area contributed by atoms with E-state index in [2.05, 4.69) is 5.32 Å². The first kappa shape index (κ1) is 19.3. The molecule has 1 aliphatic carbocycles. The molecular formula is C19H24N4O3S. The SMILES string of the molecule is CCN(CC)C(=O)C1=C(C)N(C2CC2)C(=S)N[C@@H]1c1ccc([N+](=O)[O-])cc1. The van der Waals surface area contributed by atoms with Crippen LogP contribution >= 0.6 is 12.2 Å². The van der Waals surface area contributed by atoms with Crippen molar-refractivity contribution in [1.82, 2.24) is 15.1 Å². The van der Waals surface area contributed by atoms with Gasteiger partial charge in [0, 0.05) is 37.0 Å². The zero-order valence-electron chi connectivity index (χ0n) is 15.8. The Bertz CT molecular complexity index is 798. The smallest absolute Gasteiger partial charge is 0.269 e. The maximum atomic E-state index is 13.3. The molecule has 3 rings (SSSR count). The molecule has 0 spiro atoms. The van der Waals surface area contributed by atoms with Crippen LogP contribution in [0.1, 0.15) is 45.2 Å². The van der Waals surface area contributed by atoms with Crippen LogP contribution < -0.4 is 5.32 Å². The average Bonchev–Trinajstić information content (AvgIpc) is 3.47. The third kappa shape index (κ3) is 3.66. The molecule has 1 aromatic rings. The number of carbonyl (C=O) groups excluding carboxylic acids is 1. The maximum absolute atomic E-state index is 13.3. The zero-order chi connectivity index (χ0) is 19.7. The minimum Gasteiger partial charge on any atom is -0.351 e. The van der Waals surface area contributed by atoms with Crippen LogP contribution in [0.3, 0.4) is 0 Å². The lowest BCUT2D eigenvalue weighted by Gasteiger charge is -2.39. The van der Waals surface area contributed by atoms with Crippen LogP contribution in [0.25, 0.3) is 0 Å². The fourth-order valence-corrected chi connectivity index (χ4v) is 3.93. The van der Waals surface area contributed by atoms with E-state index in [9.17, 15) is 14.9 Å². The molecule has 0 saturated heterocycles. The molecule has 1 saturated carbocycles. The molecule has 0 bridgehead atoms. The molecule has 1 aliphatic heterocycles. The number of carbonyl (C=O) groups is 1. The number of nitrogens with zero attached hydrogens (tertiary/aromatic N) is 3. The minimum absolute atomic E-state index is 0.0223. The summed E-state index contributed by atoms with van der Waals surface area (Å²) in [5.74, 6) is -0.0264. The van der Waals surface area contributed by atoms with Gasteiger partial charge in [0.05, 0.1) is 16.5 Å². The highest BCUT2D eigenvalue weighted by Crippen LogP contribution is 2.38. The molecule has 1 fully saturated rings. The summed E-state index contributed by atoms with van der Waals surface area (Å²) in [7, 11) is 0. The van der Waals surface area contributed by atoms with Crippen molar-refractivity contribution in [3.8, 4) is 0 Å². The Balaban J connectivity index is 2.05. The summed E-state index contributed by atoms with van der Waals surface area (Å²) in [5, 5.41) is 14.9. The van der Waals surface area contributed by atoms with E-state index in [4.69, 9.17) is 12.2 Å². The minimum atomic E-state index is -0.430. The van der Waals surface area contributed by atoms with E-state index in [1.165, 1.54) is 12.1 Å². The van der Waals surface area contributed by atoms with Crippen molar-refractivity contribution in [2.45, 2.75) is 45.7 Å². The number of thiocarbonyl (C=S) groups is 1. The summed E-state index contributed by atoms with van der Waals surface area (Å²) < 4.78 is 0. The second kappa shape index (κ2) is 7.64. The van der Waals surface area contributed by atoms with Gasteiger partial charge in [0.25, 0.3) is 11.6 Å². The highest BCUT2D eigenvalue weighted by Gasteiger charge is 2.41. The van der Waals surface area contributed by atoms with Gasteiger partial charge in [-0.1, -0.05) is 0 Å². The van der Waals surface area contributed by atoms with Gasteiger partial charge < -0.3 is 15.1 Å². The summed E-state index contributed by atoms with van der Waals surface area (Å²) in [6, 6.07) is 6.23. The van der Waals surface area contributed by atoms with Crippen LogP contribution in [0, 0.1) is 10.1 Å². The first-order valence-corrected chi connectivity index (χ1v) is 9.63. The van der Waals surface area contributed by atoms with Gasteiger partial charge >= 0.3 is 0 Å². The van der Waals surface area contributed by atoms with Gasteiger partial charge in [-0.05, 0) is 63.5 Å². The second-order valence-corrected chi connectivity index (χ2v) is 7.20. The van der Waals surface area contributed by atoms with Gasteiger partial charge in [0.2, 0.25) is 0 Å². The van der Waals surface area contributed by atoms with Gasteiger partial charge in [-0.15, -0.1) is 0 Å². The monoisotopic (exact) mass is 388 g/mol. The summed E-state index contributed by atoms with van der Waals surface area (Å²) in [4.78, 5) is 27.6. The summed E-state index contributed by atoms with van der Waals surface area (Å²) >= 11 is 5.57. The Morgan fingerprint density at radius 3 is 2.37 bits per heavy atom. The van der Waals surface area contributed by atoms with Crippen molar-refractivity contribution >= 4 is 28.9 Å². The lowest BCUT2D eigenvalue weighted by Crippen LogP contribution is -2.50. The number of amides is 1. The molecule has 1 amide bonds. The fraction of sp³-hybridized carbons (Fsp3) is 0.474. The van der Waals surface area contributed by atoms with Crippen LogP contribution in [0.15, 0.2) is 35.5 Å². The van der Waals surface area contributed by atoms with Crippen LogP contribution in [-0.2, 0) is 4.79 Å². The first-order valence-electron chi connectivity index (χ1n) is 9.23. The van der Waals surface area contributed by atoms with Crippen molar-refractivity contribution in [3.63, 3.8) is 0 Å². The van der Waals surface area contributed by atoms with Crippen LogP contribution in [0.4, 0.5) is 5.69 Å². The van der Waals surface area contributed by atoms with Gasteiger partial charge in [-0.25, -0.2) is 0 Å². The number of hydrogen-bond donors (Lipinski definition) is 1. The highest BCUT2D eigenvalue weighted by atomic mass is 32.1. The van der Waals surface area contributed by atoms with Gasteiger partial charge in [0.1, 0.15) is 0 Å². The highest BCUT2D eigenvalue weighted by molar-refractivity contribution is 7.80. The number of allylic oxidation sites excluding steroid dienone is 1. The molecule has 0 radical (unpaired) electrons. The van der Waals surface area contributed by atoms with Crippen molar-refractivity contribution in [2.24, 2.45) is 0 Å². The van der Waals surface area contributed by atoms with E-state index in [-0.39, 0.29) is 11.6 Å². The molecule has 1 N–H and O–H groups in total. The Morgan fingerprint density at radius 2 is 1.89 bits per heavy atom. The number of benzene rings is 1. The quantitative estimate of drug-likeness (QED) is 0.458. The molecule has 27 heavy (non-hydrogen) atoms. The van der Waals surface area contributed by atoms with Gasteiger partial charge in [0.15, 0.2) is 5.11 Å². The van der Waals surface area contributed by atoms with Gasteiger partial charge in [-0.3, -0.25) is 14.9 Å². The standard InChI is InChI=1S/C19H24N4O3S/c1-4-21(5-2)18(24)16-12(3)22(14-10-11-14)19(27)20-17(16)13-6-8-15(9-7-13)23(25)26/h6-9,14,17H,4-5,10-11H2,1-3H3,(H,20,27)/t17-/m1/s1. The number of nitro groups is 1. The Labute approximate surface area is 164 Å². The summed E-state index contributed by atoms with van der Waals surface area (Å²) in [6.45, 7) is 7.09. The molecule has 1 aromatic carbocycles. The van der Waals surface area contributed by atoms with Gasteiger partial charge in [-0.2, -0.15) is 0 Å². The molecule has 0 unspecified atom stereocenters. The Kier molecular flexibility index (Phi) is 5.46. The number of non-ortho nitro benzene ring substituents is 1. The summed E-state index contributed by atoms with van der Waals surface area (Å²) in [6.07, 6.45) is 2.13. The fourth-order valence-electron chi connectivity index (χ4n) is 3.53. The third-order valence-corrected chi connectivity index (χ3v) is 5.47. The van der Waals surface area contributed by atoms with Crippen molar-refractivity contribution in [2.75, 3.05) is 13.1 Å². The van der Waals surface area contributed by atoms with Crippen LogP contribution in [0.2, 0.25) is 0 Å². The van der Waals surface area contributed by atoms with E-state index >= 15 is 0 Å². The Morgan fingerprint density at radius 1 is 1.30 bits per heavy atom. The predicted molar refractivity (Wildman–Crippen MR) is 107 cm³/mol. The molecule has 2 aliphatic rings. The molecule has 144 valence electrons. The normalized spacial score (nSPS) is 19.7. The maximum Gasteiger partial charge on any atom is 0.269 e. The molecule has 8 heteroatoms. The van der Waals surface area contributed by atoms with Crippen molar-refractivity contribution in [1.29, 1.82) is 0 Å². The van der Waals surface area contributed by atoms with E-state index in [0.717, 1.165) is 24.1 Å². The number of rotatable bonds is 6. The molecule has 0 aromatic heterocycles. The van der Waals surface area contributed by atoms with E-state index in [1.54, 1.807) is 17.0 Å². The molecule has 1 atom stereocenters. The van der Waals surface area contributed by atoms with Crippen LogP contribution in [0.5, 0.6) is 0 Å². The van der Waals surface area contributed by atoms with E-state index in [1.807, 2.05) is 25.7 Å².